The van der Waals surface area contributed by atoms with Gasteiger partial charge in [0.2, 0.25) is 0 Å². The van der Waals surface area contributed by atoms with Gasteiger partial charge in [0.05, 0.1) is 5.41 Å². The Balaban J connectivity index is 1.86. The summed E-state index contributed by atoms with van der Waals surface area (Å²) in [4.78, 5) is 11.9. The second-order valence-electron chi connectivity index (χ2n) is 6.40. The SMILES string of the molecule is O=C(O)C1(c2cc(F)cc(OCc3ccccc3)c2)CCCCC1. The van der Waals surface area contributed by atoms with E-state index in [-0.39, 0.29) is 0 Å². The molecule has 2 aromatic rings. The van der Waals surface area contributed by atoms with Crippen molar-refractivity contribution in [3.63, 3.8) is 0 Å². The minimum absolute atomic E-state index is 0.323. The lowest BCUT2D eigenvalue weighted by atomic mass is 9.69. The summed E-state index contributed by atoms with van der Waals surface area (Å²) in [6, 6.07) is 13.9. The van der Waals surface area contributed by atoms with E-state index in [9.17, 15) is 14.3 Å². The Morgan fingerprint density at radius 3 is 2.46 bits per heavy atom. The number of carboxylic acid groups (broad SMARTS) is 1. The van der Waals surface area contributed by atoms with Crippen molar-refractivity contribution >= 4 is 5.97 Å². The standard InChI is InChI=1S/C20H21FO3/c21-17-11-16(20(19(22)23)9-5-2-6-10-20)12-18(13-17)24-14-15-7-3-1-4-8-15/h1,3-4,7-8,11-13H,2,5-6,9-10,14H2,(H,22,23). The topological polar surface area (TPSA) is 46.5 Å². The highest BCUT2D eigenvalue weighted by Gasteiger charge is 2.41. The summed E-state index contributed by atoms with van der Waals surface area (Å²) in [7, 11) is 0. The van der Waals surface area contributed by atoms with E-state index in [4.69, 9.17) is 4.74 Å². The van der Waals surface area contributed by atoms with Gasteiger partial charge in [-0.25, -0.2) is 4.39 Å². The zero-order chi connectivity index (χ0) is 17.0. The molecule has 0 spiro atoms. The number of hydrogen-bond acceptors (Lipinski definition) is 2. The molecule has 0 unspecified atom stereocenters. The molecule has 0 aliphatic heterocycles. The Labute approximate surface area is 141 Å². The minimum Gasteiger partial charge on any atom is -0.489 e. The number of hydrogen-bond donors (Lipinski definition) is 1. The number of aliphatic carboxylic acids is 1. The van der Waals surface area contributed by atoms with Gasteiger partial charge in [0.15, 0.2) is 0 Å². The van der Waals surface area contributed by atoms with Gasteiger partial charge in [0.25, 0.3) is 0 Å². The van der Waals surface area contributed by atoms with Crippen molar-refractivity contribution in [1.82, 2.24) is 0 Å². The van der Waals surface area contributed by atoms with Crippen LogP contribution in [0.1, 0.15) is 43.2 Å². The largest absolute Gasteiger partial charge is 0.489 e. The highest BCUT2D eigenvalue weighted by atomic mass is 19.1. The molecule has 0 saturated heterocycles. The van der Waals surface area contributed by atoms with Crippen LogP contribution in [0.4, 0.5) is 4.39 Å². The van der Waals surface area contributed by atoms with Gasteiger partial charge in [-0.1, -0.05) is 49.6 Å². The molecule has 3 rings (SSSR count). The molecular formula is C20H21FO3. The summed E-state index contributed by atoms with van der Waals surface area (Å²) in [5.41, 5.74) is 0.497. The first-order chi connectivity index (χ1) is 11.6. The number of rotatable bonds is 5. The number of benzene rings is 2. The molecule has 1 fully saturated rings. The number of ether oxygens (including phenoxy) is 1. The molecule has 126 valence electrons. The van der Waals surface area contributed by atoms with E-state index in [2.05, 4.69) is 0 Å². The first-order valence-corrected chi connectivity index (χ1v) is 8.31. The van der Waals surface area contributed by atoms with E-state index in [1.54, 1.807) is 6.07 Å². The average Bonchev–Trinajstić information content (AvgIpc) is 2.61. The van der Waals surface area contributed by atoms with Crippen molar-refractivity contribution in [3.05, 3.63) is 65.5 Å². The zero-order valence-corrected chi connectivity index (χ0v) is 13.5. The summed E-state index contributed by atoms with van der Waals surface area (Å²) in [5, 5.41) is 9.77. The Bertz CT molecular complexity index is 706. The second-order valence-corrected chi connectivity index (χ2v) is 6.40. The summed E-state index contributed by atoms with van der Waals surface area (Å²) in [5.74, 6) is -0.955. The van der Waals surface area contributed by atoms with Crippen molar-refractivity contribution in [3.8, 4) is 5.75 Å². The quantitative estimate of drug-likeness (QED) is 0.866. The Hall–Kier alpha value is -2.36. The molecule has 0 aromatic heterocycles. The van der Waals surface area contributed by atoms with Crippen molar-refractivity contribution in [2.24, 2.45) is 0 Å². The third kappa shape index (κ3) is 3.42. The molecule has 1 aliphatic carbocycles. The molecule has 0 heterocycles. The predicted molar refractivity (Wildman–Crippen MR) is 89.6 cm³/mol. The first-order valence-electron chi connectivity index (χ1n) is 8.31. The van der Waals surface area contributed by atoms with Gasteiger partial charge >= 0.3 is 5.97 Å². The van der Waals surface area contributed by atoms with Crippen LogP contribution in [0.5, 0.6) is 5.75 Å². The van der Waals surface area contributed by atoms with E-state index < -0.39 is 17.2 Å². The summed E-state index contributed by atoms with van der Waals surface area (Å²) in [6.45, 7) is 0.323. The molecule has 24 heavy (non-hydrogen) atoms. The molecule has 0 radical (unpaired) electrons. The zero-order valence-electron chi connectivity index (χ0n) is 13.5. The van der Waals surface area contributed by atoms with Crippen LogP contribution in [0, 0.1) is 5.82 Å². The number of halogens is 1. The van der Waals surface area contributed by atoms with Gasteiger partial charge in [-0.15, -0.1) is 0 Å². The normalized spacial score (nSPS) is 16.5. The molecule has 0 amide bonds. The van der Waals surface area contributed by atoms with Gasteiger partial charge in [-0.2, -0.15) is 0 Å². The lowest BCUT2D eigenvalue weighted by molar-refractivity contribution is -0.145. The van der Waals surface area contributed by atoms with E-state index in [0.717, 1.165) is 24.8 Å². The van der Waals surface area contributed by atoms with Crippen LogP contribution in [-0.4, -0.2) is 11.1 Å². The Morgan fingerprint density at radius 1 is 1.08 bits per heavy atom. The lowest BCUT2D eigenvalue weighted by Crippen LogP contribution is -2.37. The van der Waals surface area contributed by atoms with Crippen LogP contribution in [0.15, 0.2) is 48.5 Å². The van der Waals surface area contributed by atoms with Crippen LogP contribution in [0.3, 0.4) is 0 Å². The van der Waals surface area contributed by atoms with Crippen molar-refractivity contribution in [2.45, 2.75) is 44.1 Å². The van der Waals surface area contributed by atoms with Crippen LogP contribution in [-0.2, 0) is 16.8 Å². The molecule has 1 N–H and O–H groups in total. The van der Waals surface area contributed by atoms with Gasteiger partial charge in [0, 0.05) is 6.07 Å². The summed E-state index contributed by atoms with van der Waals surface area (Å²) < 4.78 is 19.8. The monoisotopic (exact) mass is 328 g/mol. The Kier molecular flexibility index (Phi) is 4.84. The first kappa shape index (κ1) is 16.5. The van der Waals surface area contributed by atoms with Crippen LogP contribution in [0.25, 0.3) is 0 Å². The number of carbonyl (C=O) groups is 1. The van der Waals surface area contributed by atoms with Gasteiger partial charge in [0.1, 0.15) is 18.2 Å². The van der Waals surface area contributed by atoms with Crippen LogP contribution < -0.4 is 4.74 Å². The fourth-order valence-corrected chi connectivity index (χ4v) is 3.44. The minimum atomic E-state index is -0.995. The highest BCUT2D eigenvalue weighted by molar-refractivity contribution is 5.81. The van der Waals surface area contributed by atoms with Crippen LogP contribution >= 0.6 is 0 Å². The summed E-state index contributed by atoms with van der Waals surface area (Å²) in [6.07, 6.45) is 3.82. The van der Waals surface area contributed by atoms with E-state index in [0.29, 0.717) is 30.8 Å². The molecular weight excluding hydrogens is 307 g/mol. The summed E-state index contributed by atoms with van der Waals surface area (Å²) >= 11 is 0. The van der Waals surface area contributed by atoms with Crippen molar-refractivity contribution in [2.75, 3.05) is 0 Å². The molecule has 3 nitrogen and oxygen atoms in total. The van der Waals surface area contributed by atoms with Crippen molar-refractivity contribution in [1.29, 1.82) is 0 Å². The second kappa shape index (κ2) is 7.04. The fraction of sp³-hybridized carbons (Fsp3) is 0.350. The predicted octanol–water partition coefficient (Wildman–Crippen LogP) is 4.69. The van der Waals surface area contributed by atoms with Gasteiger partial charge in [-0.05, 0) is 36.1 Å². The average molecular weight is 328 g/mol. The highest BCUT2D eigenvalue weighted by Crippen LogP contribution is 2.41. The molecule has 2 aromatic carbocycles. The number of carboxylic acids is 1. The van der Waals surface area contributed by atoms with E-state index >= 15 is 0 Å². The van der Waals surface area contributed by atoms with E-state index in [1.165, 1.54) is 12.1 Å². The molecule has 1 aliphatic rings. The smallest absolute Gasteiger partial charge is 0.314 e. The molecule has 1 saturated carbocycles. The van der Waals surface area contributed by atoms with E-state index in [1.807, 2.05) is 30.3 Å². The van der Waals surface area contributed by atoms with Crippen molar-refractivity contribution < 1.29 is 19.0 Å². The van der Waals surface area contributed by atoms with Gasteiger partial charge < -0.3 is 9.84 Å². The van der Waals surface area contributed by atoms with Gasteiger partial charge in [-0.3, -0.25) is 4.79 Å². The lowest BCUT2D eigenvalue weighted by Gasteiger charge is -2.33. The third-order valence-electron chi connectivity index (χ3n) is 4.79. The fourth-order valence-electron chi connectivity index (χ4n) is 3.44. The molecule has 4 heteroatoms. The Morgan fingerprint density at radius 2 is 1.79 bits per heavy atom. The maximum Gasteiger partial charge on any atom is 0.314 e. The molecule has 0 atom stereocenters. The molecule has 0 bridgehead atoms. The third-order valence-corrected chi connectivity index (χ3v) is 4.79. The maximum absolute atomic E-state index is 14.1. The van der Waals surface area contributed by atoms with Crippen LogP contribution in [0.2, 0.25) is 0 Å². The maximum atomic E-state index is 14.1.